The van der Waals surface area contributed by atoms with Crippen LogP contribution in [0.25, 0.3) is 0 Å². The number of nitrogens with one attached hydrogen (secondary N) is 2. The van der Waals surface area contributed by atoms with Gasteiger partial charge in [-0.15, -0.1) is 0 Å². The molecule has 1 aliphatic rings. The summed E-state index contributed by atoms with van der Waals surface area (Å²) < 4.78 is 15.4. The van der Waals surface area contributed by atoms with E-state index in [1.165, 1.54) is 0 Å². The third-order valence-electron chi connectivity index (χ3n) is 2.49. The number of alkyl carbamates (subject to hydrolysis) is 1. The normalized spacial score (nSPS) is 12.4. The molecule has 108 valence electrons. The predicted molar refractivity (Wildman–Crippen MR) is 71.1 cm³/mol. The number of rotatable bonds is 4. The molecular formula is C13H16N2O5. The van der Waals surface area contributed by atoms with Crippen molar-refractivity contribution in [2.45, 2.75) is 6.92 Å². The lowest BCUT2D eigenvalue weighted by Gasteiger charge is -2.19. The molecule has 1 aromatic carbocycles. The number of ether oxygens (including phenoxy) is 3. The van der Waals surface area contributed by atoms with E-state index in [4.69, 9.17) is 9.47 Å². The fourth-order valence-electron chi connectivity index (χ4n) is 1.66. The molecule has 2 amide bonds. The average molecular weight is 280 g/mol. The molecule has 2 rings (SSSR count). The van der Waals surface area contributed by atoms with E-state index < -0.39 is 6.09 Å². The highest BCUT2D eigenvalue weighted by Crippen LogP contribution is 2.32. The summed E-state index contributed by atoms with van der Waals surface area (Å²) >= 11 is 0. The minimum absolute atomic E-state index is 0.159. The van der Waals surface area contributed by atoms with Gasteiger partial charge in [-0.2, -0.15) is 0 Å². The molecule has 1 aromatic rings. The summed E-state index contributed by atoms with van der Waals surface area (Å²) in [4.78, 5) is 22.7. The topological polar surface area (TPSA) is 85.9 Å². The van der Waals surface area contributed by atoms with Crippen LogP contribution in [0.2, 0.25) is 0 Å². The van der Waals surface area contributed by atoms with Gasteiger partial charge in [0.05, 0.1) is 6.61 Å². The number of benzene rings is 1. The number of hydrogen-bond donors (Lipinski definition) is 2. The molecular weight excluding hydrogens is 264 g/mol. The summed E-state index contributed by atoms with van der Waals surface area (Å²) in [6, 6.07) is 5.11. The smallest absolute Gasteiger partial charge is 0.407 e. The van der Waals surface area contributed by atoms with Crippen LogP contribution >= 0.6 is 0 Å². The molecule has 0 unspecified atom stereocenters. The zero-order valence-corrected chi connectivity index (χ0v) is 11.1. The minimum Gasteiger partial charge on any atom is -0.486 e. The Hall–Kier alpha value is -2.44. The Bertz CT molecular complexity index is 504. The molecule has 0 aromatic heterocycles. The molecule has 0 saturated heterocycles. The van der Waals surface area contributed by atoms with E-state index in [0.29, 0.717) is 30.4 Å². The lowest BCUT2D eigenvalue weighted by atomic mass is 10.2. The number of fused-ring (bicyclic) bond motifs is 1. The molecule has 0 saturated carbocycles. The van der Waals surface area contributed by atoms with Crippen LogP contribution in [0, 0.1) is 0 Å². The second-order valence-corrected chi connectivity index (χ2v) is 3.98. The van der Waals surface area contributed by atoms with Gasteiger partial charge in [0, 0.05) is 11.8 Å². The summed E-state index contributed by atoms with van der Waals surface area (Å²) in [5, 5.41) is 4.98. The monoisotopic (exact) mass is 280 g/mol. The van der Waals surface area contributed by atoms with E-state index in [-0.39, 0.29) is 19.1 Å². The molecule has 1 aliphatic heterocycles. The number of anilines is 1. The van der Waals surface area contributed by atoms with Crippen molar-refractivity contribution in [3.05, 3.63) is 18.2 Å². The second-order valence-electron chi connectivity index (χ2n) is 3.98. The van der Waals surface area contributed by atoms with Crippen LogP contribution in [0.15, 0.2) is 18.2 Å². The Balaban J connectivity index is 1.86. The van der Waals surface area contributed by atoms with Crippen LogP contribution in [0.5, 0.6) is 11.5 Å². The summed E-state index contributed by atoms with van der Waals surface area (Å²) in [5.74, 6) is 0.890. The maximum absolute atomic E-state index is 11.6. The van der Waals surface area contributed by atoms with Gasteiger partial charge in [0.2, 0.25) is 5.91 Å². The molecule has 0 spiro atoms. The molecule has 2 N–H and O–H groups in total. The summed E-state index contributed by atoms with van der Waals surface area (Å²) in [7, 11) is 0. The number of amides is 2. The molecule has 20 heavy (non-hydrogen) atoms. The highest BCUT2D eigenvalue weighted by molar-refractivity contribution is 5.94. The number of carbonyl (C=O) groups is 2. The Morgan fingerprint density at radius 1 is 1.25 bits per heavy atom. The van der Waals surface area contributed by atoms with Crippen molar-refractivity contribution >= 4 is 17.7 Å². The van der Waals surface area contributed by atoms with E-state index in [1.54, 1.807) is 25.1 Å². The third kappa shape index (κ3) is 3.78. The van der Waals surface area contributed by atoms with Gasteiger partial charge in [-0.05, 0) is 19.1 Å². The van der Waals surface area contributed by atoms with Gasteiger partial charge in [-0.3, -0.25) is 4.79 Å². The summed E-state index contributed by atoms with van der Waals surface area (Å²) in [6.07, 6.45) is -0.621. The van der Waals surface area contributed by atoms with Crippen LogP contribution in [-0.4, -0.2) is 38.4 Å². The third-order valence-corrected chi connectivity index (χ3v) is 2.49. The van der Waals surface area contributed by atoms with E-state index in [0.717, 1.165) is 0 Å². The first-order chi connectivity index (χ1) is 9.69. The molecule has 0 radical (unpaired) electrons. The Labute approximate surface area is 116 Å². The predicted octanol–water partition coefficient (Wildman–Crippen LogP) is 1.14. The Morgan fingerprint density at radius 3 is 2.75 bits per heavy atom. The first-order valence-corrected chi connectivity index (χ1v) is 6.29. The SMILES string of the molecule is CCOC(=O)NCC(=O)Nc1ccc2c(c1)OCCO2. The van der Waals surface area contributed by atoms with Crippen LogP contribution in [0.4, 0.5) is 10.5 Å². The van der Waals surface area contributed by atoms with Crippen molar-refractivity contribution < 1.29 is 23.8 Å². The van der Waals surface area contributed by atoms with Gasteiger partial charge in [0.15, 0.2) is 11.5 Å². The largest absolute Gasteiger partial charge is 0.486 e. The number of carbonyl (C=O) groups excluding carboxylic acids is 2. The van der Waals surface area contributed by atoms with E-state index in [2.05, 4.69) is 15.4 Å². The molecule has 7 nitrogen and oxygen atoms in total. The van der Waals surface area contributed by atoms with Crippen LogP contribution < -0.4 is 20.1 Å². The van der Waals surface area contributed by atoms with Gasteiger partial charge in [-0.1, -0.05) is 0 Å². The molecule has 1 heterocycles. The molecule has 0 fully saturated rings. The lowest BCUT2D eigenvalue weighted by molar-refractivity contribution is -0.115. The van der Waals surface area contributed by atoms with E-state index in [9.17, 15) is 9.59 Å². The van der Waals surface area contributed by atoms with Gasteiger partial charge in [0.1, 0.15) is 19.8 Å². The van der Waals surface area contributed by atoms with Crippen molar-refractivity contribution in [3.8, 4) is 11.5 Å². The van der Waals surface area contributed by atoms with Gasteiger partial charge in [0.25, 0.3) is 0 Å². The zero-order valence-electron chi connectivity index (χ0n) is 11.1. The van der Waals surface area contributed by atoms with E-state index in [1.807, 2.05) is 0 Å². The summed E-state index contributed by atoms with van der Waals surface area (Å²) in [5.41, 5.74) is 0.574. The first-order valence-electron chi connectivity index (χ1n) is 6.29. The molecule has 0 aliphatic carbocycles. The lowest BCUT2D eigenvalue weighted by Crippen LogP contribution is -2.33. The fourth-order valence-corrected chi connectivity index (χ4v) is 1.66. The first kappa shape index (κ1) is 14.0. The van der Waals surface area contributed by atoms with Gasteiger partial charge < -0.3 is 24.8 Å². The highest BCUT2D eigenvalue weighted by atomic mass is 16.6. The van der Waals surface area contributed by atoms with Gasteiger partial charge >= 0.3 is 6.09 Å². The van der Waals surface area contributed by atoms with Crippen molar-refractivity contribution in [3.63, 3.8) is 0 Å². The van der Waals surface area contributed by atoms with Crippen LogP contribution in [-0.2, 0) is 9.53 Å². The number of hydrogen-bond acceptors (Lipinski definition) is 5. The Morgan fingerprint density at radius 2 is 2.00 bits per heavy atom. The maximum atomic E-state index is 11.6. The molecule has 0 bridgehead atoms. The second kappa shape index (κ2) is 6.65. The zero-order chi connectivity index (χ0) is 14.4. The van der Waals surface area contributed by atoms with E-state index >= 15 is 0 Å². The Kier molecular flexibility index (Phi) is 4.65. The molecule has 0 atom stereocenters. The van der Waals surface area contributed by atoms with Gasteiger partial charge in [-0.25, -0.2) is 4.79 Å². The summed E-state index contributed by atoms with van der Waals surface area (Å²) in [6.45, 7) is 2.79. The van der Waals surface area contributed by atoms with Crippen molar-refractivity contribution in [1.29, 1.82) is 0 Å². The molecule has 7 heteroatoms. The van der Waals surface area contributed by atoms with Crippen molar-refractivity contribution in [1.82, 2.24) is 5.32 Å². The fraction of sp³-hybridized carbons (Fsp3) is 0.385. The quantitative estimate of drug-likeness (QED) is 0.864. The van der Waals surface area contributed by atoms with Crippen LogP contribution in [0.3, 0.4) is 0 Å². The van der Waals surface area contributed by atoms with Crippen molar-refractivity contribution in [2.24, 2.45) is 0 Å². The standard InChI is InChI=1S/C13H16N2O5/c1-2-18-13(17)14-8-12(16)15-9-3-4-10-11(7-9)20-6-5-19-10/h3-4,7H,2,5-6,8H2,1H3,(H,14,17)(H,15,16). The minimum atomic E-state index is -0.621. The maximum Gasteiger partial charge on any atom is 0.407 e. The van der Waals surface area contributed by atoms with Crippen molar-refractivity contribution in [2.75, 3.05) is 31.7 Å². The average Bonchev–Trinajstić information content (AvgIpc) is 2.45. The highest BCUT2D eigenvalue weighted by Gasteiger charge is 2.13. The van der Waals surface area contributed by atoms with Crippen LogP contribution in [0.1, 0.15) is 6.92 Å².